The van der Waals surface area contributed by atoms with Crippen molar-refractivity contribution in [3.63, 3.8) is 0 Å². The summed E-state index contributed by atoms with van der Waals surface area (Å²) >= 11 is 0. The van der Waals surface area contributed by atoms with Crippen LogP contribution in [-0.4, -0.2) is 42.9 Å². The Morgan fingerprint density at radius 2 is 2.18 bits per heavy atom. The SMILES string of the molecule is CCOc1ccc(CN2CCCCC2CCOC)cc1CO. The summed E-state index contributed by atoms with van der Waals surface area (Å²) in [5.74, 6) is 0.795. The van der Waals surface area contributed by atoms with Gasteiger partial charge in [0.05, 0.1) is 13.2 Å². The quantitative estimate of drug-likeness (QED) is 0.802. The molecule has 0 saturated carbocycles. The van der Waals surface area contributed by atoms with Crippen LogP contribution in [-0.2, 0) is 17.9 Å². The first-order valence-corrected chi connectivity index (χ1v) is 8.37. The molecular weight excluding hydrogens is 278 g/mol. The van der Waals surface area contributed by atoms with Gasteiger partial charge in [0.1, 0.15) is 5.75 Å². The molecular formula is C18H29NO3. The van der Waals surface area contributed by atoms with Gasteiger partial charge >= 0.3 is 0 Å². The summed E-state index contributed by atoms with van der Waals surface area (Å²) in [6.07, 6.45) is 4.94. The molecule has 1 atom stereocenters. The minimum Gasteiger partial charge on any atom is -0.494 e. The van der Waals surface area contributed by atoms with E-state index < -0.39 is 0 Å². The molecule has 0 spiro atoms. The number of piperidine rings is 1. The van der Waals surface area contributed by atoms with Gasteiger partial charge in [0, 0.05) is 31.9 Å². The lowest BCUT2D eigenvalue weighted by Gasteiger charge is -2.35. The van der Waals surface area contributed by atoms with Gasteiger partial charge in [-0.25, -0.2) is 0 Å². The van der Waals surface area contributed by atoms with Crippen molar-refractivity contribution in [3.8, 4) is 5.75 Å². The zero-order valence-electron chi connectivity index (χ0n) is 13.9. The number of hydrogen-bond donors (Lipinski definition) is 1. The molecule has 1 unspecified atom stereocenters. The van der Waals surface area contributed by atoms with Gasteiger partial charge in [-0.2, -0.15) is 0 Å². The molecule has 1 heterocycles. The number of methoxy groups -OCH3 is 1. The Bertz CT molecular complexity index is 450. The van der Waals surface area contributed by atoms with Crippen molar-refractivity contribution >= 4 is 0 Å². The predicted molar refractivity (Wildman–Crippen MR) is 88.1 cm³/mol. The molecule has 1 fully saturated rings. The van der Waals surface area contributed by atoms with E-state index in [0.29, 0.717) is 12.6 Å². The van der Waals surface area contributed by atoms with Crippen LogP contribution in [0.5, 0.6) is 5.75 Å². The molecule has 1 N–H and O–H groups in total. The Labute approximate surface area is 134 Å². The minimum absolute atomic E-state index is 0.0241. The van der Waals surface area contributed by atoms with Crippen LogP contribution in [0.3, 0.4) is 0 Å². The minimum atomic E-state index is 0.0241. The van der Waals surface area contributed by atoms with Crippen LogP contribution >= 0.6 is 0 Å². The van der Waals surface area contributed by atoms with Crippen LogP contribution in [0, 0.1) is 0 Å². The monoisotopic (exact) mass is 307 g/mol. The van der Waals surface area contributed by atoms with Crippen LogP contribution in [0.2, 0.25) is 0 Å². The van der Waals surface area contributed by atoms with E-state index in [1.807, 2.05) is 13.0 Å². The maximum absolute atomic E-state index is 9.53. The fourth-order valence-corrected chi connectivity index (χ4v) is 3.23. The van der Waals surface area contributed by atoms with Gasteiger partial charge in [0.25, 0.3) is 0 Å². The Kier molecular flexibility index (Phi) is 7.16. The molecule has 2 rings (SSSR count). The lowest BCUT2D eigenvalue weighted by molar-refractivity contribution is 0.0973. The molecule has 4 heteroatoms. The third-order valence-corrected chi connectivity index (χ3v) is 4.39. The molecule has 4 nitrogen and oxygen atoms in total. The number of aliphatic hydroxyl groups is 1. The summed E-state index contributed by atoms with van der Waals surface area (Å²) in [5, 5.41) is 9.53. The molecule has 1 aromatic rings. The number of ether oxygens (including phenoxy) is 2. The molecule has 0 aromatic heterocycles. The van der Waals surface area contributed by atoms with Gasteiger partial charge in [-0.3, -0.25) is 4.90 Å². The van der Waals surface area contributed by atoms with Crippen molar-refractivity contribution in [1.29, 1.82) is 0 Å². The zero-order chi connectivity index (χ0) is 15.8. The number of benzene rings is 1. The van der Waals surface area contributed by atoms with E-state index in [-0.39, 0.29) is 6.61 Å². The first-order chi connectivity index (χ1) is 10.8. The summed E-state index contributed by atoms with van der Waals surface area (Å²) in [4.78, 5) is 2.55. The molecule has 0 aliphatic carbocycles. The summed E-state index contributed by atoms with van der Waals surface area (Å²) in [5.41, 5.74) is 2.13. The van der Waals surface area contributed by atoms with E-state index in [2.05, 4.69) is 17.0 Å². The summed E-state index contributed by atoms with van der Waals surface area (Å²) in [7, 11) is 1.77. The van der Waals surface area contributed by atoms with Crippen molar-refractivity contribution in [2.24, 2.45) is 0 Å². The number of likely N-dealkylation sites (tertiary alicyclic amines) is 1. The van der Waals surface area contributed by atoms with E-state index in [1.165, 1.54) is 24.8 Å². The first kappa shape index (κ1) is 17.3. The molecule has 0 amide bonds. The van der Waals surface area contributed by atoms with Crippen molar-refractivity contribution < 1.29 is 14.6 Å². The fraction of sp³-hybridized carbons (Fsp3) is 0.667. The Morgan fingerprint density at radius 3 is 2.91 bits per heavy atom. The second-order valence-corrected chi connectivity index (χ2v) is 5.93. The largest absolute Gasteiger partial charge is 0.494 e. The van der Waals surface area contributed by atoms with Gasteiger partial charge in [0.2, 0.25) is 0 Å². The maximum atomic E-state index is 9.53. The van der Waals surface area contributed by atoms with E-state index in [9.17, 15) is 5.11 Å². The highest BCUT2D eigenvalue weighted by Gasteiger charge is 2.22. The highest BCUT2D eigenvalue weighted by Crippen LogP contribution is 2.25. The molecule has 1 saturated heterocycles. The van der Waals surface area contributed by atoms with Crippen LogP contribution in [0.15, 0.2) is 18.2 Å². The molecule has 0 bridgehead atoms. The molecule has 22 heavy (non-hydrogen) atoms. The van der Waals surface area contributed by atoms with E-state index >= 15 is 0 Å². The normalized spacial score (nSPS) is 19.3. The third-order valence-electron chi connectivity index (χ3n) is 4.39. The maximum Gasteiger partial charge on any atom is 0.124 e. The topological polar surface area (TPSA) is 41.9 Å². The average molecular weight is 307 g/mol. The molecule has 124 valence electrons. The Morgan fingerprint density at radius 1 is 1.32 bits per heavy atom. The zero-order valence-corrected chi connectivity index (χ0v) is 13.9. The number of nitrogens with zero attached hydrogens (tertiary/aromatic N) is 1. The van der Waals surface area contributed by atoms with E-state index in [1.54, 1.807) is 7.11 Å². The van der Waals surface area contributed by atoms with Gasteiger partial charge in [-0.15, -0.1) is 0 Å². The summed E-state index contributed by atoms with van der Waals surface area (Å²) in [6, 6.07) is 6.79. The number of hydrogen-bond acceptors (Lipinski definition) is 4. The van der Waals surface area contributed by atoms with E-state index in [4.69, 9.17) is 9.47 Å². The predicted octanol–water partition coefficient (Wildman–Crippen LogP) is 2.97. The van der Waals surface area contributed by atoms with Gasteiger partial charge in [0.15, 0.2) is 0 Å². The third kappa shape index (κ3) is 4.70. The lowest BCUT2D eigenvalue weighted by atomic mass is 9.98. The standard InChI is InChI=1S/C18H29NO3/c1-3-22-18-8-7-15(12-16(18)14-20)13-19-10-5-4-6-17(19)9-11-21-2/h7-8,12,17,20H,3-6,9-11,13-14H2,1-2H3. The summed E-state index contributed by atoms with van der Waals surface area (Å²) < 4.78 is 10.8. The number of rotatable bonds is 8. The van der Waals surface area contributed by atoms with Crippen LogP contribution in [0.25, 0.3) is 0 Å². The van der Waals surface area contributed by atoms with Crippen LogP contribution in [0.1, 0.15) is 43.7 Å². The lowest BCUT2D eigenvalue weighted by Crippen LogP contribution is -2.39. The average Bonchev–Trinajstić information content (AvgIpc) is 2.55. The highest BCUT2D eigenvalue weighted by atomic mass is 16.5. The van der Waals surface area contributed by atoms with Crippen molar-refractivity contribution in [1.82, 2.24) is 4.90 Å². The first-order valence-electron chi connectivity index (χ1n) is 8.37. The summed E-state index contributed by atoms with van der Waals surface area (Å²) in [6.45, 7) is 5.52. The van der Waals surface area contributed by atoms with Gasteiger partial charge < -0.3 is 14.6 Å². The van der Waals surface area contributed by atoms with Crippen LogP contribution < -0.4 is 4.74 Å². The van der Waals surface area contributed by atoms with Crippen LogP contribution in [0.4, 0.5) is 0 Å². The Hall–Kier alpha value is -1.10. The molecule has 1 aromatic carbocycles. The smallest absolute Gasteiger partial charge is 0.124 e. The molecule has 1 aliphatic heterocycles. The fourth-order valence-electron chi connectivity index (χ4n) is 3.23. The molecule has 1 aliphatic rings. The van der Waals surface area contributed by atoms with Gasteiger partial charge in [-0.05, 0) is 50.4 Å². The van der Waals surface area contributed by atoms with Gasteiger partial charge in [-0.1, -0.05) is 12.5 Å². The highest BCUT2D eigenvalue weighted by molar-refractivity contribution is 5.37. The van der Waals surface area contributed by atoms with Crippen molar-refractivity contribution in [2.75, 3.05) is 26.9 Å². The Balaban J connectivity index is 2.04. The molecule has 0 radical (unpaired) electrons. The van der Waals surface area contributed by atoms with Crippen molar-refractivity contribution in [3.05, 3.63) is 29.3 Å². The van der Waals surface area contributed by atoms with Crippen molar-refractivity contribution in [2.45, 2.75) is 51.8 Å². The second kappa shape index (κ2) is 9.13. The number of aliphatic hydroxyl groups excluding tert-OH is 1. The second-order valence-electron chi connectivity index (χ2n) is 5.93. The van der Waals surface area contributed by atoms with E-state index in [0.717, 1.165) is 37.4 Å².